The van der Waals surface area contributed by atoms with Crippen molar-refractivity contribution in [3.63, 3.8) is 0 Å². The number of aromatic nitrogens is 1. The first-order valence-corrected chi connectivity index (χ1v) is 10.5. The molecule has 0 spiro atoms. The smallest absolute Gasteiger partial charge is 0.354 e. The van der Waals surface area contributed by atoms with E-state index in [1.807, 2.05) is 0 Å². The van der Waals surface area contributed by atoms with Gasteiger partial charge in [0.2, 0.25) is 0 Å². The third kappa shape index (κ3) is 4.55. The van der Waals surface area contributed by atoms with Gasteiger partial charge in [-0.3, -0.25) is 9.59 Å². The number of carbonyl (C=O) groups is 3. The van der Waals surface area contributed by atoms with Gasteiger partial charge >= 0.3 is 5.97 Å². The zero-order chi connectivity index (χ0) is 24.3. The fraction of sp³-hybridized carbons (Fsp3) is 0.320. The highest BCUT2D eigenvalue weighted by atomic mass is 16.5. The first-order valence-electron chi connectivity index (χ1n) is 10.5. The fourth-order valence-electron chi connectivity index (χ4n) is 3.95. The van der Waals surface area contributed by atoms with E-state index in [1.54, 1.807) is 68.8 Å². The molecule has 0 saturated heterocycles. The third-order valence-corrected chi connectivity index (χ3v) is 5.89. The highest BCUT2D eigenvalue weighted by Crippen LogP contribution is 2.26. The fourth-order valence-corrected chi connectivity index (χ4v) is 3.95. The van der Waals surface area contributed by atoms with Gasteiger partial charge in [0.05, 0.1) is 33.1 Å². The molecule has 0 fully saturated rings. The normalized spacial score (nSPS) is 11.7. The van der Waals surface area contributed by atoms with Crippen molar-refractivity contribution in [2.45, 2.75) is 33.4 Å². The maximum Gasteiger partial charge on any atom is 0.354 e. The highest BCUT2D eigenvalue weighted by molar-refractivity contribution is 6.07. The Morgan fingerprint density at radius 2 is 1.85 bits per heavy atom. The molecule has 0 radical (unpaired) electrons. The number of benzene rings is 1. The molecule has 3 aromatic rings. The molecule has 1 atom stereocenters. The van der Waals surface area contributed by atoms with Crippen LogP contribution in [0, 0.1) is 13.8 Å². The lowest BCUT2D eigenvalue weighted by Crippen LogP contribution is -2.43. The molecule has 174 valence electrons. The Hall–Kier alpha value is -3.81. The molecular weight excluding hydrogens is 424 g/mol. The van der Waals surface area contributed by atoms with Gasteiger partial charge in [-0.1, -0.05) is 6.07 Å². The van der Waals surface area contributed by atoms with Crippen molar-refractivity contribution in [2.75, 3.05) is 14.2 Å². The number of ketones is 1. The van der Waals surface area contributed by atoms with Crippen molar-refractivity contribution in [3.8, 4) is 5.75 Å². The molecule has 0 aliphatic carbocycles. The summed E-state index contributed by atoms with van der Waals surface area (Å²) in [6.07, 6.45) is 1.52. The second kappa shape index (κ2) is 9.77. The standard InChI is InChI=1S/C25H28N2O6/c1-15-21(16(2)26(4)22(15)25(30)32-6)23(28)17(3)27(14-20-11-8-12-33-20)24(29)18-9-7-10-19(13-18)31-5/h7-13,17H,14H2,1-6H3/t17-/m1/s1. The van der Waals surface area contributed by atoms with Crippen molar-refractivity contribution in [2.24, 2.45) is 7.05 Å². The first-order chi connectivity index (χ1) is 15.7. The summed E-state index contributed by atoms with van der Waals surface area (Å²) in [6, 6.07) is 9.40. The second-order valence-corrected chi connectivity index (χ2v) is 7.77. The van der Waals surface area contributed by atoms with E-state index < -0.39 is 12.0 Å². The first kappa shape index (κ1) is 23.8. The van der Waals surface area contributed by atoms with E-state index >= 15 is 0 Å². The number of hydrogen-bond acceptors (Lipinski definition) is 6. The summed E-state index contributed by atoms with van der Waals surface area (Å²) in [5, 5.41) is 0. The van der Waals surface area contributed by atoms with Crippen molar-refractivity contribution in [1.29, 1.82) is 0 Å². The molecule has 0 bridgehead atoms. The van der Waals surface area contributed by atoms with Crippen LogP contribution >= 0.6 is 0 Å². The Morgan fingerprint density at radius 3 is 2.45 bits per heavy atom. The molecule has 0 unspecified atom stereocenters. The Bertz CT molecular complexity index is 1180. The van der Waals surface area contributed by atoms with Crippen molar-refractivity contribution >= 4 is 17.7 Å². The second-order valence-electron chi connectivity index (χ2n) is 7.77. The van der Waals surface area contributed by atoms with E-state index in [4.69, 9.17) is 13.9 Å². The molecule has 1 amide bonds. The topological polar surface area (TPSA) is 91.0 Å². The minimum absolute atomic E-state index is 0.102. The van der Waals surface area contributed by atoms with Crippen LogP contribution in [0.5, 0.6) is 5.75 Å². The quantitative estimate of drug-likeness (QED) is 0.380. The van der Waals surface area contributed by atoms with Crippen LogP contribution < -0.4 is 4.74 Å². The number of nitrogens with zero attached hydrogens (tertiary/aromatic N) is 2. The van der Waals surface area contributed by atoms with E-state index in [-0.39, 0.29) is 18.2 Å². The van der Waals surface area contributed by atoms with E-state index in [1.165, 1.54) is 25.4 Å². The Kier molecular flexibility index (Phi) is 7.06. The summed E-state index contributed by atoms with van der Waals surface area (Å²) in [4.78, 5) is 40.9. The van der Waals surface area contributed by atoms with E-state index in [0.29, 0.717) is 39.6 Å². The number of furan rings is 1. The lowest BCUT2D eigenvalue weighted by Gasteiger charge is -2.28. The summed E-state index contributed by atoms with van der Waals surface area (Å²) in [7, 11) is 4.53. The minimum Gasteiger partial charge on any atom is -0.497 e. The van der Waals surface area contributed by atoms with Gasteiger partial charge < -0.3 is 23.4 Å². The summed E-state index contributed by atoms with van der Waals surface area (Å²) < 4.78 is 17.2. The van der Waals surface area contributed by atoms with Crippen LogP contribution in [0.25, 0.3) is 0 Å². The summed E-state index contributed by atoms with van der Waals surface area (Å²) in [6.45, 7) is 5.25. The Balaban J connectivity index is 2.03. The molecule has 0 aliphatic rings. The number of esters is 1. The Morgan fingerprint density at radius 1 is 1.12 bits per heavy atom. The van der Waals surface area contributed by atoms with Crippen LogP contribution in [0.4, 0.5) is 0 Å². The zero-order valence-electron chi connectivity index (χ0n) is 19.7. The van der Waals surface area contributed by atoms with E-state index in [2.05, 4.69) is 0 Å². The summed E-state index contributed by atoms with van der Waals surface area (Å²) in [5.74, 6) is -0.0632. The third-order valence-electron chi connectivity index (χ3n) is 5.89. The van der Waals surface area contributed by atoms with Gasteiger partial charge in [-0.15, -0.1) is 0 Å². The molecule has 3 rings (SSSR count). The Labute approximate surface area is 192 Å². The predicted molar refractivity (Wildman–Crippen MR) is 122 cm³/mol. The maximum absolute atomic E-state index is 13.7. The molecule has 0 saturated carbocycles. The van der Waals surface area contributed by atoms with Crippen LogP contribution in [0.3, 0.4) is 0 Å². The van der Waals surface area contributed by atoms with Gasteiger partial charge in [0.25, 0.3) is 5.91 Å². The number of Topliss-reactive ketones (excluding diaryl/α,β-unsaturated/α-hetero) is 1. The predicted octanol–water partition coefficient (Wildman–Crippen LogP) is 3.94. The maximum atomic E-state index is 13.7. The van der Waals surface area contributed by atoms with Gasteiger partial charge in [0.1, 0.15) is 17.2 Å². The molecule has 33 heavy (non-hydrogen) atoms. The number of carbonyl (C=O) groups excluding carboxylic acids is 3. The molecule has 2 heterocycles. The summed E-state index contributed by atoms with van der Waals surface area (Å²) >= 11 is 0. The zero-order valence-corrected chi connectivity index (χ0v) is 19.7. The minimum atomic E-state index is -0.834. The molecule has 8 heteroatoms. The number of hydrogen-bond donors (Lipinski definition) is 0. The largest absolute Gasteiger partial charge is 0.497 e. The SMILES string of the molecule is COC(=O)c1c(C)c(C(=O)[C@@H](C)N(Cc2ccco2)C(=O)c2cccc(OC)c2)c(C)n1C. The molecule has 0 N–H and O–H groups in total. The molecular formula is C25H28N2O6. The lowest BCUT2D eigenvalue weighted by molar-refractivity contribution is 0.0586. The number of methoxy groups -OCH3 is 2. The van der Waals surface area contributed by atoms with Crippen molar-refractivity contribution in [3.05, 3.63) is 76.5 Å². The van der Waals surface area contributed by atoms with Crippen LogP contribution in [0.15, 0.2) is 47.1 Å². The van der Waals surface area contributed by atoms with E-state index in [0.717, 1.165) is 0 Å². The number of ether oxygens (including phenoxy) is 2. The van der Waals surface area contributed by atoms with Gasteiger partial charge in [0, 0.05) is 23.9 Å². The molecule has 0 aliphatic heterocycles. The van der Waals surface area contributed by atoms with E-state index in [9.17, 15) is 14.4 Å². The molecule has 1 aromatic carbocycles. The number of amides is 1. The van der Waals surface area contributed by atoms with Crippen molar-refractivity contribution < 1.29 is 28.3 Å². The van der Waals surface area contributed by atoms with Crippen LogP contribution in [-0.4, -0.2) is 47.4 Å². The summed E-state index contributed by atoms with van der Waals surface area (Å²) in [5.41, 5.74) is 2.23. The van der Waals surface area contributed by atoms with Gasteiger partial charge in [-0.2, -0.15) is 0 Å². The van der Waals surface area contributed by atoms with Crippen LogP contribution in [-0.2, 0) is 18.3 Å². The van der Waals surface area contributed by atoms with Crippen LogP contribution in [0.1, 0.15) is 55.1 Å². The average Bonchev–Trinajstić information content (AvgIpc) is 3.41. The lowest BCUT2D eigenvalue weighted by atomic mass is 9.99. The molecule has 8 nitrogen and oxygen atoms in total. The average molecular weight is 453 g/mol. The van der Waals surface area contributed by atoms with Gasteiger partial charge in [-0.05, 0) is 56.7 Å². The van der Waals surface area contributed by atoms with Crippen LogP contribution in [0.2, 0.25) is 0 Å². The highest BCUT2D eigenvalue weighted by Gasteiger charge is 2.33. The van der Waals surface area contributed by atoms with Crippen molar-refractivity contribution in [1.82, 2.24) is 9.47 Å². The molecule has 2 aromatic heterocycles. The monoisotopic (exact) mass is 452 g/mol. The van der Waals surface area contributed by atoms with Gasteiger partial charge in [0.15, 0.2) is 5.78 Å². The van der Waals surface area contributed by atoms with Gasteiger partial charge in [-0.25, -0.2) is 4.79 Å². The number of rotatable bonds is 8.